The molecular formula is C32H45N5O. The van der Waals surface area contributed by atoms with Crippen molar-refractivity contribution in [2.24, 2.45) is 11.8 Å². The van der Waals surface area contributed by atoms with Crippen LogP contribution in [0.1, 0.15) is 56.1 Å². The maximum absolute atomic E-state index is 13.2. The van der Waals surface area contributed by atoms with E-state index in [0.717, 1.165) is 70.0 Å². The van der Waals surface area contributed by atoms with Crippen LogP contribution < -0.4 is 0 Å². The van der Waals surface area contributed by atoms with Crippen LogP contribution in [0.3, 0.4) is 0 Å². The highest BCUT2D eigenvalue weighted by molar-refractivity contribution is 5.76. The van der Waals surface area contributed by atoms with E-state index in [4.69, 9.17) is 0 Å². The number of rotatable bonds is 8. The molecule has 4 aliphatic rings. The van der Waals surface area contributed by atoms with Crippen LogP contribution in [0.25, 0.3) is 0 Å². The summed E-state index contributed by atoms with van der Waals surface area (Å²) in [6, 6.07) is 16.3. The lowest BCUT2D eigenvalue weighted by molar-refractivity contribution is -0.133. The fourth-order valence-electron chi connectivity index (χ4n) is 8.01. The Kier molecular flexibility index (Phi) is 8.39. The van der Waals surface area contributed by atoms with Crippen molar-refractivity contribution in [3.05, 3.63) is 66.0 Å². The van der Waals surface area contributed by atoms with Crippen LogP contribution in [0.5, 0.6) is 0 Å². The third kappa shape index (κ3) is 5.98. The highest BCUT2D eigenvalue weighted by Crippen LogP contribution is 2.43. The molecule has 4 fully saturated rings. The van der Waals surface area contributed by atoms with Gasteiger partial charge in [-0.3, -0.25) is 24.5 Å². The Hall–Kier alpha value is -2.28. The Morgan fingerprint density at radius 3 is 2.45 bits per heavy atom. The van der Waals surface area contributed by atoms with Gasteiger partial charge in [-0.25, -0.2) is 0 Å². The van der Waals surface area contributed by atoms with E-state index < -0.39 is 0 Å². The topological polar surface area (TPSA) is 42.9 Å². The maximum Gasteiger partial charge on any atom is 0.222 e. The first kappa shape index (κ1) is 26.0. The first-order chi connectivity index (χ1) is 18.7. The van der Waals surface area contributed by atoms with Crippen molar-refractivity contribution in [3.8, 4) is 0 Å². The summed E-state index contributed by atoms with van der Waals surface area (Å²) in [5.41, 5.74) is 2.68. The molecule has 5 heterocycles. The molecule has 0 bridgehead atoms. The van der Waals surface area contributed by atoms with Gasteiger partial charge in [0.05, 0.1) is 0 Å². The van der Waals surface area contributed by atoms with Gasteiger partial charge in [-0.15, -0.1) is 0 Å². The van der Waals surface area contributed by atoms with Gasteiger partial charge in [-0.1, -0.05) is 36.4 Å². The van der Waals surface area contributed by atoms with Crippen molar-refractivity contribution >= 4 is 5.91 Å². The van der Waals surface area contributed by atoms with Crippen LogP contribution >= 0.6 is 0 Å². The smallest absolute Gasteiger partial charge is 0.222 e. The van der Waals surface area contributed by atoms with Gasteiger partial charge in [0.15, 0.2) is 0 Å². The molecule has 4 aliphatic heterocycles. The van der Waals surface area contributed by atoms with E-state index in [1.54, 1.807) is 0 Å². The number of benzene rings is 1. The Morgan fingerprint density at radius 2 is 1.66 bits per heavy atom. The number of carbonyl (C=O) groups excluding carboxylic acids is 1. The third-order valence-electron chi connectivity index (χ3n) is 9.75. The van der Waals surface area contributed by atoms with Crippen LogP contribution in [0, 0.1) is 11.8 Å². The molecule has 2 aromatic rings. The van der Waals surface area contributed by atoms with E-state index in [1.165, 1.54) is 56.4 Å². The van der Waals surface area contributed by atoms with Gasteiger partial charge in [-0.05, 0) is 80.6 Å². The molecule has 0 aliphatic carbocycles. The second-order valence-corrected chi connectivity index (χ2v) is 12.1. The third-order valence-corrected chi connectivity index (χ3v) is 9.75. The Balaban J connectivity index is 1.04. The molecule has 1 amide bonds. The van der Waals surface area contributed by atoms with Crippen molar-refractivity contribution < 1.29 is 4.79 Å². The molecule has 6 heteroatoms. The zero-order valence-corrected chi connectivity index (χ0v) is 23.0. The number of carbonyl (C=O) groups is 1. The van der Waals surface area contributed by atoms with Gasteiger partial charge in [0.1, 0.15) is 0 Å². The zero-order valence-electron chi connectivity index (χ0n) is 23.0. The number of likely N-dealkylation sites (tertiary alicyclic amines) is 1. The quantitative estimate of drug-likeness (QED) is 0.525. The van der Waals surface area contributed by atoms with Gasteiger partial charge < -0.3 is 4.90 Å². The van der Waals surface area contributed by atoms with E-state index >= 15 is 0 Å². The number of piperazine rings is 1. The van der Waals surface area contributed by atoms with Crippen molar-refractivity contribution in [1.82, 2.24) is 24.6 Å². The molecule has 38 heavy (non-hydrogen) atoms. The van der Waals surface area contributed by atoms with Gasteiger partial charge in [-0.2, -0.15) is 0 Å². The predicted molar refractivity (Wildman–Crippen MR) is 151 cm³/mol. The SMILES string of the molecule is O=C(CCC[C@@H]1[C@H]2CCCN3CCC[C@@H](CN1Cc1cccnc1)[C@@H]23)N1CCN(Cc2ccccc2)CC1. The van der Waals surface area contributed by atoms with Crippen molar-refractivity contribution in [2.45, 2.75) is 70.1 Å². The minimum atomic E-state index is 0.361. The average molecular weight is 516 g/mol. The van der Waals surface area contributed by atoms with Gasteiger partial charge >= 0.3 is 0 Å². The molecule has 6 nitrogen and oxygen atoms in total. The predicted octanol–water partition coefficient (Wildman–Crippen LogP) is 4.27. The molecule has 0 unspecified atom stereocenters. The lowest BCUT2D eigenvalue weighted by Crippen LogP contribution is -2.64. The second kappa shape index (κ2) is 12.3. The summed E-state index contributed by atoms with van der Waals surface area (Å²) >= 11 is 0. The molecule has 0 radical (unpaired) electrons. The fraction of sp³-hybridized carbons (Fsp3) is 0.625. The van der Waals surface area contributed by atoms with Crippen molar-refractivity contribution in [1.29, 1.82) is 0 Å². The summed E-state index contributed by atoms with van der Waals surface area (Å²) in [7, 11) is 0. The van der Waals surface area contributed by atoms with Crippen LogP contribution in [-0.2, 0) is 17.9 Å². The Bertz CT molecular complexity index is 1020. The molecule has 4 atom stereocenters. The van der Waals surface area contributed by atoms with Crippen molar-refractivity contribution in [2.75, 3.05) is 45.8 Å². The first-order valence-corrected chi connectivity index (χ1v) is 15.2. The molecule has 6 rings (SSSR count). The lowest BCUT2D eigenvalue weighted by atomic mass is 9.69. The van der Waals surface area contributed by atoms with E-state index in [-0.39, 0.29) is 0 Å². The number of amides is 1. The fourth-order valence-corrected chi connectivity index (χ4v) is 8.01. The van der Waals surface area contributed by atoms with E-state index in [2.05, 4.69) is 67.0 Å². The van der Waals surface area contributed by atoms with Gasteiger partial charge in [0.2, 0.25) is 5.91 Å². The Morgan fingerprint density at radius 1 is 0.868 bits per heavy atom. The van der Waals surface area contributed by atoms with Crippen LogP contribution in [0.4, 0.5) is 0 Å². The van der Waals surface area contributed by atoms with E-state index in [9.17, 15) is 4.79 Å². The largest absolute Gasteiger partial charge is 0.340 e. The molecule has 0 saturated carbocycles. The first-order valence-electron chi connectivity index (χ1n) is 15.2. The van der Waals surface area contributed by atoms with Gasteiger partial charge in [0.25, 0.3) is 0 Å². The molecule has 204 valence electrons. The average Bonchev–Trinajstić information content (AvgIpc) is 2.96. The molecule has 0 spiro atoms. The second-order valence-electron chi connectivity index (χ2n) is 12.1. The number of aromatic nitrogens is 1. The van der Waals surface area contributed by atoms with Crippen LogP contribution in [0.2, 0.25) is 0 Å². The number of hydrogen-bond donors (Lipinski definition) is 0. The van der Waals surface area contributed by atoms with Crippen LogP contribution in [-0.4, -0.2) is 88.4 Å². The molecular weight excluding hydrogens is 470 g/mol. The summed E-state index contributed by atoms with van der Waals surface area (Å²) in [6.45, 7) is 9.45. The molecule has 1 aromatic carbocycles. The highest BCUT2D eigenvalue weighted by Gasteiger charge is 2.48. The summed E-state index contributed by atoms with van der Waals surface area (Å²) in [5.74, 6) is 1.91. The summed E-state index contributed by atoms with van der Waals surface area (Å²) in [6.07, 6.45) is 12.2. The minimum Gasteiger partial charge on any atom is -0.340 e. The normalized spacial score (nSPS) is 28.7. The number of piperidine rings is 3. The van der Waals surface area contributed by atoms with Crippen LogP contribution in [0.15, 0.2) is 54.9 Å². The van der Waals surface area contributed by atoms with Crippen molar-refractivity contribution in [3.63, 3.8) is 0 Å². The number of nitrogens with zero attached hydrogens (tertiary/aromatic N) is 5. The molecule has 4 saturated heterocycles. The van der Waals surface area contributed by atoms with E-state index in [0.29, 0.717) is 18.4 Å². The molecule has 0 N–H and O–H groups in total. The number of hydrogen-bond acceptors (Lipinski definition) is 5. The summed E-state index contributed by atoms with van der Waals surface area (Å²) in [4.78, 5) is 27.8. The number of pyridine rings is 1. The standard InChI is InChI=1S/C32H45N5O/c38-31(35-20-18-34(19-21-35)23-26-8-2-1-3-9-26)14-4-13-30-29-12-7-17-36-16-6-11-28(32(29)36)25-37(30)24-27-10-5-15-33-22-27/h1-3,5,8-10,15,22,28-30,32H,4,6-7,11-14,16-21,23-25H2/t28-,29+,30+,32-/m0/s1. The monoisotopic (exact) mass is 515 g/mol. The maximum atomic E-state index is 13.2. The minimum absolute atomic E-state index is 0.361. The summed E-state index contributed by atoms with van der Waals surface area (Å²) in [5, 5.41) is 0. The summed E-state index contributed by atoms with van der Waals surface area (Å²) < 4.78 is 0. The highest BCUT2D eigenvalue weighted by atomic mass is 16.2. The lowest BCUT2D eigenvalue weighted by Gasteiger charge is -2.57. The zero-order chi connectivity index (χ0) is 25.7. The van der Waals surface area contributed by atoms with Gasteiger partial charge in [0, 0.05) is 76.7 Å². The van der Waals surface area contributed by atoms with E-state index in [1.807, 2.05) is 12.4 Å². The molecule has 1 aromatic heterocycles. The Labute approximate surface area is 229 Å².